The molecule has 1 saturated carbocycles. The maximum absolute atomic E-state index is 13.1. The predicted octanol–water partition coefficient (Wildman–Crippen LogP) is 5.43. The molecule has 3 N–H and O–H groups in total. The minimum Gasteiger partial charge on any atom is -0.507 e. The van der Waals surface area contributed by atoms with Crippen molar-refractivity contribution in [3.05, 3.63) is 89.5 Å². The topological polar surface area (TPSA) is 109 Å². The van der Waals surface area contributed by atoms with Crippen molar-refractivity contribution >= 4 is 17.6 Å². The summed E-state index contributed by atoms with van der Waals surface area (Å²) in [5.74, 6) is 0.0280. The second-order valence-electron chi connectivity index (χ2n) is 8.81. The quantitative estimate of drug-likeness (QED) is 0.325. The zero-order valence-electron chi connectivity index (χ0n) is 19.3. The molecule has 0 saturated heterocycles. The number of hydrogen-bond acceptors (Lipinski definition) is 5. The molecule has 2 amide bonds. The lowest BCUT2D eigenvalue weighted by atomic mass is 9.82. The number of carbonyl (C=O) groups excluding carboxylic acids is 2. The first kappa shape index (κ1) is 22.5. The summed E-state index contributed by atoms with van der Waals surface area (Å²) in [6.45, 7) is 2.40. The van der Waals surface area contributed by atoms with Crippen LogP contribution in [0.5, 0.6) is 5.75 Å². The van der Waals surface area contributed by atoms with E-state index in [1.807, 2.05) is 37.3 Å². The molecule has 0 atom stereocenters. The maximum Gasteiger partial charge on any atom is 0.342 e. The van der Waals surface area contributed by atoms with Gasteiger partial charge in [-0.25, -0.2) is 4.79 Å². The molecule has 8 heteroatoms. The molecule has 1 fully saturated rings. The standard InChI is InChI=1S/C27H26N4O4/c1-17-5-2-6-18(13-17)16-28-27(34)31-23(19-7-3-8-19)15-22(30-31)21-14-20(10-11-24(21)32)29-26(33)25-9-4-12-35-25/h2,4-6,9-15,19,32H,3,7-8,16H2,1H3,(H,28,34)(H,29,33). The zero-order chi connectivity index (χ0) is 24.4. The normalized spacial score (nSPS) is 13.3. The van der Waals surface area contributed by atoms with E-state index in [0.717, 1.165) is 36.1 Å². The van der Waals surface area contributed by atoms with E-state index in [-0.39, 0.29) is 23.5 Å². The van der Waals surface area contributed by atoms with Gasteiger partial charge in [-0.3, -0.25) is 4.79 Å². The van der Waals surface area contributed by atoms with Crippen molar-refractivity contribution in [2.24, 2.45) is 0 Å². The molecular formula is C27H26N4O4. The number of phenolic OH excluding ortho intramolecular Hbond substituents is 1. The molecule has 2 heterocycles. The number of benzene rings is 2. The molecule has 0 radical (unpaired) electrons. The van der Waals surface area contributed by atoms with E-state index in [4.69, 9.17) is 4.42 Å². The Balaban J connectivity index is 1.41. The molecule has 4 aromatic rings. The molecule has 0 bridgehead atoms. The van der Waals surface area contributed by atoms with Gasteiger partial charge in [-0.1, -0.05) is 36.2 Å². The third-order valence-corrected chi connectivity index (χ3v) is 6.25. The second kappa shape index (κ2) is 9.50. The van der Waals surface area contributed by atoms with Crippen LogP contribution in [0.2, 0.25) is 0 Å². The highest BCUT2D eigenvalue weighted by Gasteiger charge is 2.27. The summed E-state index contributed by atoms with van der Waals surface area (Å²) in [4.78, 5) is 25.5. The number of aromatic hydroxyl groups is 1. The van der Waals surface area contributed by atoms with Crippen molar-refractivity contribution in [3.63, 3.8) is 0 Å². The van der Waals surface area contributed by atoms with E-state index >= 15 is 0 Å². The molecule has 0 unspecified atom stereocenters. The summed E-state index contributed by atoms with van der Waals surface area (Å²) in [6, 6.07) is 17.4. The van der Waals surface area contributed by atoms with Crippen molar-refractivity contribution in [1.82, 2.24) is 15.1 Å². The van der Waals surface area contributed by atoms with Crippen LogP contribution in [0.15, 0.2) is 71.3 Å². The predicted molar refractivity (Wildman–Crippen MR) is 131 cm³/mol. The Morgan fingerprint density at radius 1 is 1.11 bits per heavy atom. The number of carbonyl (C=O) groups is 2. The third-order valence-electron chi connectivity index (χ3n) is 6.25. The van der Waals surface area contributed by atoms with Crippen LogP contribution in [-0.2, 0) is 6.54 Å². The summed E-state index contributed by atoms with van der Waals surface area (Å²) in [6.07, 6.45) is 4.51. The Labute approximate surface area is 202 Å². The van der Waals surface area contributed by atoms with E-state index in [0.29, 0.717) is 23.5 Å². The number of rotatable bonds is 6. The van der Waals surface area contributed by atoms with Crippen molar-refractivity contribution in [2.45, 2.75) is 38.6 Å². The third kappa shape index (κ3) is 4.82. The molecule has 5 rings (SSSR count). The summed E-state index contributed by atoms with van der Waals surface area (Å²) in [5.41, 5.74) is 4.31. The summed E-state index contributed by atoms with van der Waals surface area (Å²) in [7, 11) is 0. The van der Waals surface area contributed by atoms with E-state index in [1.165, 1.54) is 17.0 Å². The van der Waals surface area contributed by atoms with Gasteiger partial charge >= 0.3 is 6.03 Å². The fourth-order valence-electron chi connectivity index (χ4n) is 4.18. The highest BCUT2D eigenvalue weighted by Crippen LogP contribution is 2.39. The number of aromatic nitrogens is 2. The molecule has 2 aromatic carbocycles. The largest absolute Gasteiger partial charge is 0.507 e. The Bertz CT molecular complexity index is 1370. The van der Waals surface area contributed by atoms with Gasteiger partial charge in [0, 0.05) is 23.7 Å². The van der Waals surface area contributed by atoms with E-state index in [1.54, 1.807) is 24.3 Å². The number of phenols is 1. The number of nitrogens with zero attached hydrogens (tertiary/aromatic N) is 2. The van der Waals surface area contributed by atoms with Gasteiger partial charge in [0.15, 0.2) is 5.76 Å². The van der Waals surface area contributed by atoms with Gasteiger partial charge < -0.3 is 20.2 Å². The van der Waals surface area contributed by atoms with Crippen molar-refractivity contribution in [2.75, 3.05) is 5.32 Å². The van der Waals surface area contributed by atoms with Gasteiger partial charge in [-0.2, -0.15) is 9.78 Å². The molecule has 1 aliphatic carbocycles. The first-order chi connectivity index (χ1) is 17.0. The van der Waals surface area contributed by atoms with Crippen LogP contribution in [0.3, 0.4) is 0 Å². The van der Waals surface area contributed by atoms with Gasteiger partial charge in [0.2, 0.25) is 0 Å². The van der Waals surface area contributed by atoms with Crippen LogP contribution in [-0.4, -0.2) is 26.8 Å². The lowest BCUT2D eigenvalue weighted by molar-refractivity contribution is 0.0996. The Morgan fingerprint density at radius 2 is 1.97 bits per heavy atom. The molecule has 1 aliphatic rings. The number of hydrogen-bond donors (Lipinski definition) is 3. The smallest absolute Gasteiger partial charge is 0.342 e. The van der Waals surface area contributed by atoms with Gasteiger partial charge in [-0.05, 0) is 61.7 Å². The second-order valence-corrected chi connectivity index (χ2v) is 8.81. The van der Waals surface area contributed by atoms with E-state index in [2.05, 4.69) is 15.7 Å². The summed E-state index contributed by atoms with van der Waals surface area (Å²) in [5, 5.41) is 20.8. The molecule has 35 heavy (non-hydrogen) atoms. The minimum absolute atomic E-state index is 0.00553. The lowest BCUT2D eigenvalue weighted by Gasteiger charge is -2.25. The maximum atomic E-state index is 13.1. The zero-order valence-corrected chi connectivity index (χ0v) is 19.3. The van der Waals surface area contributed by atoms with Crippen LogP contribution in [0.4, 0.5) is 10.5 Å². The summed E-state index contributed by atoms with van der Waals surface area (Å²) < 4.78 is 6.54. The number of amides is 2. The number of furan rings is 1. The molecule has 8 nitrogen and oxygen atoms in total. The fourth-order valence-corrected chi connectivity index (χ4v) is 4.18. The van der Waals surface area contributed by atoms with Crippen LogP contribution in [0.1, 0.15) is 52.6 Å². The lowest BCUT2D eigenvalue weighted by Crippen LogP contribution is -2.31. The van der Waals surface area contributed by atoms with Crippen LogP contribution in [0, 0.1) is 6.92 Å². The average Bonchev–Trinajstić information content (AvgIpc) is 3.49. The van der Waals surface area contributed by atoms with Gasteiger partial charge in [0.1, 0.15) is 5.75 Å². The number of anilines is 1. The van der Waals surface area contributed by atoms with E-state index in [9.17, 15) is 14.7 Å². The molecule has 178 valence electrons. The van der Waals surface area contributed by atoms with Crippen molar-refractivity contribution in [1.29, 1.82) is 0 Å². The van der Waals surface area contributed by atoms with Gasteiger partial charge in [-0.15, -0.1) is 0 Å². The van der Waals surface area contributed by atoms with Crippen LogP contribution >= 0.6 is 0 Å². The van der Waals surface area contributed by atoms with Crippen molar-refractivity contribution < 1.29 is 19.1 Å². The molecule has 0 aliphatic heterocycles. The van der Waals surface area contributed by atoms with Crippen LogP contribution < -0.4 is 10.6 Å². The van der Waals surface area contributed by atoms with Gasteiger partial charge in [0.25, 0.3) is 5.91 Å². The summed E-state index contributed by atoms with van der Waals surface area (Å²) >= 11 is 0. The molecule has 2 aromatic heterocycles. The van der Waals surface area contributed by atoms with E-state index < -0.39 is 5.91 Å². The highest BCUT2D eigenvalue weighted by atomic mass is 16.3. The minimum atomic E-state index is -0.400. The number of aryl methyl sites for hydroxylation is 1. The average molecular weight is 471 g/mol. The Kier molecular flexibility index (Phi) is 6.10. The first-order valence-electron chi connectivity index (χ1n) is 11.6. The molecular weight excluding hydrogens is 444 g/mol. The van der Waals surface area contributed by atoms with Gasteiger partial charge in [0.05, 0.1) is 17.7 Å². The van der Waals surface area contributed by atoms with Crippen LogP contribution in [0.25, 0.3) is 11.3 Å². The fraction of sp³-hybridized carbons (Fsp3) is 0.222. The number of nitrogens with one attached hydrogen (secondary N) is 2. The Hall–Kier alpha value is -4.33. The highest BCUT2D eigenvalue weighted by molar-refractivity contribution is 6.02. The monoisotopic (exact) mass is 470 g/mol. The SMILES string of the molecule is Cc1cccc(CNC(=O)n2nc(-c3cc(NC(=O)c4ccco4)ccc3O)cc2C2CCC2)c1. The van der Waals surface area contributed by atoms with Crippen molar-refractivity contribution in [3.8, 4) is 17.0 Å². The molecule has 0 spiro atoms. The first-order valence-corrected chi connectivity index (χ1v) is 11.6. The Morgan fingerprint density at radius 3 is 2.69 bits per heavy atom.